The third-order valence-corrected chi connectivity index (χ3v) is 6.31. The van der Waals surface area contributed by atoms with Crippen LogP contribution in [0.2, 0.25) is 0 Å². The summed E-state index contributed by atoms with van der Waals surface area (Å²) in [5.74, 6) is 0. The Morgan fingerprint density at radius 3 is 1.49 bits per heavy atom. The van der Waals surface area contributed by atoms with Gasteiger partial charge in [-0.2, -0.15) is 0 Å². The van der Waals surface area contributed by atoms with Crippen LogP contribution in [0.1, 0.15) is 0 Å². The highest BCUT2D eigenvalue weighted by atomic mass is 16.8. The summed E-state index contributed by atoms with van der Waals surface area (Å²) in [6.45, 7) is -2.21. The molecule has 0 aromatic heterocycles. The summed E-state index contributed by atoms with van der Waals surface area (Å²) in [6, 6.07) is 0. The quantitative estimate of drug-likeness (QED) is 0.143. The third-order valence-electron chi connectivity index (χ3n) is 6.31. The second-order valence-corrected chi connectivity index (χ2v) is 8.55. The maximum Gasteiger partial charge on any atom is 0.187 e. The lowest BCUT2D eigenvalue weighted by Gasteiger charge is -2.48. The van der Waals surface area contributed by atoms with Crippen molar-refractivity contribution in [2.45, 2.75) is 92.1 Å². The van der Waals surface area contributed by atoms with Crippen molar-refractivity contribution >= 4 is 0 Å². The molecule has 10 N–H and O–H groups in total. The Hall–Kier alpha value is -0.640. The van der Waals surface area contributed by atoms with Crippen LogP contribution in [-0.2, 0) is 28.4 Å². The first-order chi connectivity index (χ1) is 16.6. The molecule has 16 heteroatoms. The Bertz CT molecular complexity index is 638. The minimum atomic E-state index is -1.87. The van der Waals surface area contributed by atoms with Crippen molar-refractivity contribution in [2.75, 3.05) is 26.9 Å². The molecule has 3 aliphatic heterocycles. The SMILES string of the molecule is CO[C@H]1O[C@H](CO)[C@@H](O)[C@H](O[C@H]2O[C@H](CO)[C@@H](O)[C@H](O)[C@H]2O[C@H]2O[C@H](CO)[C@@H](O)[C@H](O)[C@H]2O)[C@H]1O. The summed E-state index contributed by atoms with van der Waals surface area (Å²) in [5, 5.41) is 101. The van der Waals surface area contributed by atoms with Gasteiger partial charge in [-0.1, -0.05) is 0 Å². The Morgan fingerprint density at radius 1 is 0.486 bits per heavy atom. The van der Waals surface area contributed by atoms with E-state index in [1.54, 1.807) is 0 Å². The molecule has 3 fully saturated rings. The van der Waals surface area contributed by atoms with Crippen molar-refractivity contribution in [3.63, 3.8) is 0 Å². The fraction of sp³-hybridized carbons (Fsp3) is 1.00. The molecule has 0 aromatic rings. The van der Waals surface area contributed by atoms with E-state index < -0.39 is 112 Å². The highest BCUT2D eigenvalue weighted by molar-refractivity contribution is 4.96. The molecule has 3 rings (SSSR count). The normalized spacial score (nSPS) is 51.3. The van der Waals surface area contributed by atoms with Gasteiger partial charge in [0.05, 0.1) is 19.8 Å². The van der Waals surface area contributed by atoms with Gasteiger partial charge >= 0.3 is 0 Å². The van der Waals surface area contributed by atoms with Gasteiger partial charge < -0.3 is 79.5 Å². The number of hydrogen-bond donors (Lipinski definition) is 10. The van der Waals surface area contributed by atoms with Gasteiger partial charge in [-0.05, 0) is 0 Å². The zero-order valence-electron chi connectivity index (χ0n) is 18.7. The van der Waals surface area contributed by atoms with E-state index in [0.29, 0.717) is 0 Å². The number of ether oxygens (including phenoxy) is 6. The molecule has 16 nitrogen and oxygen atoms in total. The highest BCUT2D eigenvalue weighted by Crippen LogP contribution is 2.33. The Kier molecular flexibility index (Phi) is 10.1. The largest absolute Gasteiger partial charge is 0.394 e. The van der Waals surface area contributed by atoms with Crippen LogP contribution in [0.15, 0.2) is 0 Å². The molecule has 0 saturated carbocycles. The number of aliphatic hydroxyl groups excluding tert-OH is 10. The molecular weight excluding hydrogens is 484 g/mol. The minimum absolute atomic E-state index is 0.676. The highest BCUT2D eigenvalue weighted by Gasteiger charge is 2.54. The van der Waals surface area contributed by atoms with Crippen LogP contribution in [0.25, 0.3) is 0 Å². The summed E-state index contributed by atoms with van der Waals surface area (Å²) < 4.78 is 32.2. The smallest absolute Gasteiger partial charge is 0.187 e. The van der Waals surface area contributed by atoms with Crippen LogP contribution < -0.4 is 0 Å². The summed E-state index contributed by atoms with van der Waals surface area (Å²) in [7, 11) is 1.20. The first-order valence-corrected chi connectivity index (χ1v) is 11.0. The fourth-order valence-electron chi connectivity index (χ4n) is 4.21. The van der Waals surface area contributed by atoms with Crippen LogP contribution in [-0.4, -0.2) is 170 Å². The lowest BCUT2D eigenvalue weighted by molar-refractivity contribution is -0.388. The van der Waals surface area contributed by atoms with Crippen LogP contribution in [0.4, 0.5) is 0 Å². The topological polar surface area (TPSA) is 258 Å². The van der Waals surface area contributed by atoms with Gasteiger partial charge in [-0.25, -0.2) is 0 Å². The van der Waals surface area contributed by atoms with Gasteiger partial charge in [0, 0.05) is 7.11 Å². The van der Waals surface area contributed by atoms with Crippen LogP contribution >= 0.6 is 0 Å². The number of rotatable bonds is 8. The lowest BCUT2D eigenvalue weighted by atomic mass is 9.96. The predicted octanol–water partition coefficient (Wildman–Crippen LogP) is -6.92. The van der Waals surface area contributed by atoms with E-state index in [-0.39, 0.29) is 0 Å². The monoisotopic (exact) mass is 518 g/mol. The van der Waals surface area contributed by atoms with Crippen molar-refractivity contribution < 1.29 is 79.5 Å². The molecule has 3 saturated heterocycles. The molecule has 0 bridgehead atoms. The van der Waals surface area contributed by atoms with Crippen molar-refractivity contribution in [1.82, 2.24) is 0 Å². The van der Waals surface area contributed by atoms with E-state index in [1.807, 2.05) is 0 Å². The maximum atomic E-state index is 10.7. The van der Waals surface area contributed by atoms with E-state index >= 15 is 0 Å². The number of aliphatic hydroxyl groups is 10. The average Bonchev–Trinajstić information content (AvgIpc) is 2.85. The standard InChI is InChI=1S/C19H34O16/c1-30-17-14(29)15(10(25)7(4-22)31-17)34-19-16(12(27)9(24)6(3-21)33-19)35-18-13(28)11(26)8(23)5(2-20)32-18/h5-29H,2-4H2,1H3/t5-,6-,7-,8-,9-,10-,11+,12+,13-,14-,15+,16-,17+,18-,19-/m1/s1. The molecule has 35 heavy (non-hydrogen) atoms. The molecule has 3 heterocycles. The van der Waals surface area contributed by atoms with Gasteiger partial charge in [0.2, 0.25) is 0 Å². The molecule has 0 spiro atoms. The van der Waals surface area contributed by atoms with Crippen molar-refractivity contribution in [3.8, 4) is 0 Å². The Balaban J connectivity index is 1.85. The first kappa shape index (κ1) is 28.9. The molecular formula is C19H34O16. The predicted molar refractivity (Wildman–Crippen MR) is 106 cm³/mol. The zero-order valence-corrected chi connectivity index (χ0v) is 18.7. The minimum Gasteiger partial charge on any atom is -0.394 e. The van der Waals surface area contributed by atoms with E-state index in [4.69, 9.17) is 28.4 Å². The molecule has 0 unspecified atom stereocenters. The van der Waals surface area contributed by atoms with Gasteiger partial charge in [0.25, 0.3) is 0 Å². The Morgan fingerprint density at radius 2 is 0.943 bits per heavy atom. The molecule has 0 amide bonds. The molecule has 206 valence electrons. The van der Waals surface area contributed by atoms with Crippen molar-refractivity contribution in [3.05, 3.63) is 0 Å². The average molecular weight is 518 g/mol. The van der Waals surface area contributed by atoms with E-state index in [2.05, 4.69) is 0 Å². The van der Waals surface area contributed by atoms with Crippen molar-refractivity contribution in [1.29, 1.82) is 0 Å². The second kappa shape index (κ2) is 12.3. The van der Waals surface area contributed by atoms with Crippen LogP contribution in [0.3, 0.4) is 0 Å². The molecule has 0 aromatic carbocycles. The van der Waals surface area contributed by atoms with Gasteiger partial charge in [0.1, 0.15) is 73.2 Å². The summed E-state index contributed by atoms with van der Waals surface area (Å²) >= 11 is 0. The summed E-state index contributed by atoms with van der Waals surface area (Å²) in [4.78, 5) is 0. The van der Waals surface area contributed by atoms with E-state index in [1.165, 1.54) is 7.11 Å². The summed E-state index contributed by atoms with van der Waals surface area (Å²) in [5.41, 5.74) is 0. The summed E-state index contributed by atoms with van der Waals surface area (Å²) in [6.07, 6.45) is -24.3. The molecule has 0 radical (unpaired) electrons. The molecule has 3 aliphatic rings. The van der Waals surface area contributed by atoms with Crippen LogP contribution in [0.5, 0.6) is 0 Å². The molecule has 15 atom stereocenters. The first-order valence-electron chi connectivity index (χ1n) is 11.0. The van der Waals surface area contributed by atoms with Crippen molar-refractivity contribution in [2.24, 2.45) is 0 Å². The number of methoxy groups -OCH3 is 1. The number of hydrogen-bond acceptors (Lipinski definition) is 16. The molecule has 0 aliphatic carbocycles. The van der Waals surface area contributed by atoms with Gasteiger partial charge in [-0.3, -0.25) is 0 Å². The van der Waals surface area contributed by atoms with Crippen LogP contribution in [0, 0.1) is 0 Å². The van der Waals surface area contributed by atoms with Gasteiger partial charge in [-0.15, -0.1) is 0 Å². The third kappa shape index (κ3) is 5.78. The van der Waals surface area contributed by atoms with E-state index in [0.717, 1.165) is 0 Å². The fourth-order valence-corrected chi connectivity index (χ4v) is 4.21. The lowest BCUT2D eigenvalue weighted by Crippen LogP contribution is -2.67. The Labute approximate surface area is 199 Å². The second-order valence-electron chi connectivity index (χ2n) is 8.55. The van der Waals surface area contributed by atoms with Gasteiger partial charge in [0.15, 0.2) is 18.9 Å². The zero-order chi connectivity index (χ0) is 26.0. The van der Waals surface area contributed by atoms with E-state index in [9.17, 15) is 51.1 Å². The maximum absolute atomic E-state index is 10.7.